The van der Waals surface area contributed by atoms with E-state index in [2.05, 4.69) is 25.3 Å². The Morgan fingerprint density at radius 2 is 1.59 bits per heavy atom. The molecule has 0 saturated carbocycles. The number of benzene rings is 2. The van der Waals surface area contributed by atoms with Gasteiger partial charge in [-0.25, -0.2) is 27.5 Å². The number of carbonyl (C=O) groups is 1. The van der Waals surface area contributed by atoms with E-state index in [1.807, 2.05) is 0 Å². The molecule has 3 aromatic rings. The Morgan fingerprint density at radius 1 is 0.966 bits per heavy atom. The molecule has 11 heteroatoms. The van der Waals surface area contributed by atoms with Crippen molar-refractivity contribution in [2.45, 2.75) is 4.90 Å². The normalized spacial score (nSPS) is 10.8. The highest BCUT2D eigenvalue weighted by Crippen LogP contribution is 2.16. The van der Waals surface area contributed by atoms with Crippen LogP contribution in [0.4, 0.5) is 16.0 Å². The maximum Gasteiger partial charge on any atom is 0.264 e. The Morgan fingerprint density at radius 3 is 2.21 bits per heavy atom. The highest BCUT2D eigenvalue weighted by molar-refractivity contribution is 7.92. The standard InChI is InChI=1S/C18H14FN5O3S2/c19-13-4-2-12(3-5-13)16(25)23-18(28)22-14-6-8-15(9-7-14)29(26,27)24-17-20-10-1-11-21-17/h1-11H,(H,20,21,24)(H2,22,23,25,28). The van der Waals surface area contributed by atoms with Gasteiger partial charge in [-0.2, -0.15) is 0 Å². The zero-order valence-electron chi connectivity index (χ0n) is 14.7. The minimum Gasteiger partial charge on any atom is -0.332 e. The number of carbonyl (C=O) groups excluding carboxylic acids is 1. The van der Waals surface area contributed by atoms with E-state index >= 15 is 0 Å². The van der Waals surface area contributed by atoms with Crippen LogP contribution in [-0.4, -0.2) is 29.4 Å². The van der Waals surface area contributed by atoms with Crippen LogP contribution in [0, 0.1) is 5.82 Å². The van der Waals surface area contributed by atoms with Crippen LogP contribution < -0.4 is 15.4 Å². The number of aromatic nitrogens is 2. The molecule has 29 heavy (non-hydrogen) atoms. The van der Waals surface area contributed by atoms with E-state index in [-0.39, 0.29) is 21.5 Å². The summed E-state index contributed by atoms with van der Waals surface area (Å²) in [5.41, 5.74) is 0.704. The predicted molar refractivity (Wildman–Crippen MR) is 109 cm³/mol. The number of hydrogen-bond acceptors (Lipinski definition) is 6. The van der Waals surface area contributed by atoms with E-state index in [1.54, 1.807) is 6.07 Å². The second kappa shape index (κ2) is 8.71. The summed E-state index contributed by atoms with van der Waals surface area (Å²) in [5.74, 6) is -1.00. The van der Waals surface area contributed by atoms with Gasteiger partial charge in [-0.15, -0.1) is 0 Å². The van der Waals surface area contributed by atoms with Crippen LogP contribution >= 0.6 is 12.2 Å². The van der Waals surface area contributed by atoms with Crippen LogP contribution in [0.5, 0.6) is 0 Å². The zero-order chi connectivity index (χ0) is 20.9. The predicted octanol–water partition coefficient (Wildman–Crippen LogP) is 2.54. The van der Waals surface area contributed by atoms with Crippen molar-refractivity contribution in [3.63, 3.8) is 0 Å². The largest absolute Gasteiger partial charge is 0.332 e. The highest BCUT2D eigenvalue weighted by Gasteiger charge is 2.15. The first-order valence-corrected chi connectivity index (χ1v) is 10.0. The van der Waals surface area contributed by atoms with Crippen molar-refractivity contribution in [1.82, 2.24) is 15.3 Å². The maximum atomic E-state index is 12.9. The van der Waals surface area contributed by atoms with Gasteiger partial charge in [-0.3, -0.25) is 10.1 Å². The third-order valence-corrected chi connectivity index (χ3v) is 5.10. The molecule has 1 aromatic heterocycles. The lowest BCUT2D eigenvalue weighted by molar-refractivity contribution is 0.0977. The Bertz CT molecular complexity index is 1120. The third-order valence-electron chi connectivity index (χ3n) is 3.55. The van der Waals surface area contributed by atoms with Crippen LogP contribution in [0.1, 0.15) is 10.4 Å². The first-order valence-electron chi connectivity index (χ1n) is 8.11. The first-order chi connectivity index (χ1) is 13.8. The molecule has 0 radical (unpaired) electrons. The van der Waals surface area contributed by atoms with Crippen LogP contribution in [0.15, 0.2) is 71.9 Å². The fraction of sp³-hybridized carbons (Fsp3) is 0. The number of sulfonamides is 1. The highest BCUT2D eigenvalue weighted by atomic mass is 32.2. The van der Waals surface area contributed by atoms with E-state index in [1.165, 1.54) is 60.9 Å². The Labute approximate surface area is 171 Å². The van der Waals surface area contributed by atoms with Gasteiger partial charge in [-0.1, -0.05) is 0 Å². The second-order valence-corrected chi connectivity index (χ2v) is 7.71. The topological polar surface area (TPSA) is 113 Å². The van der Waals surface area contributed by atoms with Crippen LogP contribution in [0.2, 0.25) is 0 Å². The second-order valence-electron chi connectivity index (χ2n) is 5.62. The zero-order valence-corrected chi connectivity index (χ0v) is 16.3. The van der Waals surface area contributed by atoms with E-state index in [9.17, 15) is 17.6 Å². The molecule has 0 aliphatic rings. The Hall–Kier alpha value is -3.44. The van der Waals surface area contributed by atoms with Gasteiger partial charge in [0.2, 0.25) is 5.95 Å². The molecule has 0 spiro atoms. The summed E-state index contributed by atoms with van der Waals surface area (Å²) in [6.07, 6.45) is 2.83. The fourth-order valence-electron chi connectivity index (χ4n) is 2.19. The maximum absolute atomic E-state index is 12.9. The van der Waals surface area contributed by atoms with Gasteiger partial charge in [0.15, 0.2) is 5.11 Å². The lowest BCUT2D eigenvalue weighted by atomic mass is 10.2. The summed E-state index contributed by atoms with van der Waals surface area (Å²) in [4.78, 5) is 19.7. The van der Waals surface area contributed by atoms with Crippen molar-refractivity contribution in [2.24, 2.45) is 0 Å². The molecule has 3 N–H and O–H groups in total. The summed E-state index contributed by atoms with van der Waals surface area (Å²) in [7, 11) is -3.85. The van der Waals surface area contributed by atoms with Crippen molar-refractivity contribution in [3.05, 3.63) is 78.4 Å². The van der Waals surface area contributed by atoms with Crippen molar-refractivity contribution < 1.29 is 17.6 Å². The SMILES string of the molecule is O=C(NC(=S)Nc1ccc(S(=O)(=O)Nc2ncccn2)cc1)c1ccc(F)cc1. The number of nitrogens with zero attached hydrogens (tertiary/aromatic N) is 2. The fourth-order valence-corrected chi connectivity index (χ4v) is 3.36. The average molecular weight is 431 g/mol. The molecular weight excluding hydrogens is 417 g/mol. The summed E-state index contributed by atoms with van der Waals surface area (Å²) in [6, 6.07) is 12.2. The van der Waals surface area contributed by atoms with Gasteiger partial charge in [0.1, 0.15) is 5.82 Å². The molecule has 2 aromatic carbocycles. The van der Waals surface area contributed by atoms with Crippen LogP contribution in [0.25, 0.3) is 0 Å². The molecule has 0 bridgehead atoms. The molecular formula is C18H14FN5O3S2. The molecule has 8 nitrogen and oxygen atoms in total. The molecule has 1 heterocycles. The first kappa shape index (κ1) is 20.3. The molecule has 0 saturated heterocycles. The molecule has 0 unspecified atom stereocenters. The molecule has 3 rings (SSSR count). The smallest absolute Gasteiger partial charge is 0.264 e. The van der Waals surface area contributed by atoms with Crippen molar-refractivity contribution in [3.8, 4) is 0 Å². The number of anilines is 2. The molecule has 0 aliphatic carbocycles. The van der Waals surface area contributed by atoms with E-state index in [4.69, 9.17) is 12.2 Å². The van der Waals surface area contributed by atoms with Crippen LogP contribution in [0.3, 0.4) is 0 Å². The van der Waals surface area contributed by atoms with Crippen molar-refractivity contribution in [2.75, 3.05) is 10.0 Å². The van der Waals surface area contributed by atoms with Gasteiger partial charge in [0.25, 0.3) is 15.9 Å². The minimum absolute atomic E-state index is 0.00299. The quantitative estimate of drug-likeness (QED) is 0.532. The summed E-state index contributed by atoms with van der Waals surface area (Å²) < 4.78 is 39.9. The van der Waals surface area contributed by atoms with Gasteiger partial charge < -0.3 is 5.32 Å². The average Bonchev–Trinajstić information content (AvgIpc) is 2.69. The van der Waals surface area contributed by atoms with Crippen LogP contribution in [-0.2, 0) is 10.0 Å². The number of nitrogens with one attached hydrogen (secondary N) is 3. The number of rotatable bonds is 5. The Kier molecular flexibility index (Phi) is 6.10. The monoisotopic (exact) mass is 431 g/mol. The van der Waals surface area contributed by atoms with Crippen molar-refractivity contribution >= 4 is 44.9 Å². The minimum atomic E-state index is -3.85. The number of hydrogen-bond donors (Lipinski definition) is 3. The third kappa shape index (κ3) is 5.53. The van der Waals surface area contributed by atoms with Gasteiger partial charge in [-0.05, 0) is 66.8 Å². The Balaban J connectivity index is 1.62. The van der Waals surface area contributed by atoms with Gasteiger partial charge >= 0.3 is 0 Å². The lowest BCUT2D eigenvalue weighted by Gasteiger charge is -2.11. The number of amides is 1. The summed E-state index contributed by atoms with van der Waals surface area (Å²) >= 11 is 5.07. The number of halogens is 1. The molecule has 0 aliphatic heterocycles. The van der Waals surface area contributed by atoms with Gasteiger partial charge in [0, 0.05) is 23.6 Å². The summed E-state index contributed by atoms with van der Waals surface area (Å²) in [6.45, 7) is 0. The van der Waals surface area contributed by atoms with Gasteiger partial charge in [0.05, 0.1) is 4.90 Å². The van der Waals surface area contributed by atoms with Crippen molar-refractivity contribution in [1.29, 1.82) is 0 Å². The van der Waals surface area contributed by atoms with E-state index < -0.39 is 21.7 Å². The molecule has 148 valence electrons. The molecule has 0 atom stereocenters. The summed E-state index contributed by atoms with van der Waals surface area (Å²) in [5, 5.41) is 5.23. The van der Waals surface area contributed by atoms with E-state index in [0.717, 1.165) is 0 Å². The number of thiocarbonyl (C=S) groups is 1. The molecule has 0 fully saturated rings. The molecule has 1 amide bonds. The lowest BCUT2D eigenvalue weighted by Crippen LogP contribution is -2.34. The van der Waals surface area contributed by atoms with E-state index in [0.29, 0.717) is 5.69 Å².